The molecule has 0 aromatic heterocycles. The molecule has 0 spiro atoms. The number of amides is 1. The van der Waals surface area contributed by atoms with Gasteiger partial charge in [0.2, 0.25) is 0 Å². The van der Waals surface area contributed by atoms with E-state index in [1.165, 1.54) is 11.1 Å². The molecule has 1 amide bonds. The van der Waals surface area contributed by atoms with Crippen molar-refractivity contribution in [2.24, 2.45) is 0 Å². The molecule has 0 radical (unpaired) electrons. The van der Waals surface area contributed by atoms with Crippen LogP contribution in [0.4, 0.5) is 0 Å². The van der Waals surface area contributed by atoms with Crippen LogP contribution in [0.25, 0.3) is 0 Å². The lowest BCUT2D eigenvalue weighted by Gasteiger charge is -2.29. The molecule has 1 aliphatic rings. The highest BCUT2D eigenvalue weighted by molar-refractivity contribution is 5.97. The summed E-state index contributed by atoms with van der Waals surface area (Å²) in [5.74, 6) is 1.32. The van der Waals surface area contributed by atoms with E-state index in [0.717, 1.165) is 24.3 Å². The number of hydrogen-bond donors (Lipinski definition) is 0. The van der Waals surface area contributed by atoms with Gasteiger partial charge in [-0.3, -0.25) is 4.79 Å². The minimum absolute atomic E-state index is 0.00195. The van der Waals surface area contributed by atoms with Crippen molar-refractivity contribution in [2.75, 3.05) is 20.8 Å². The smallest absolute Gasteiger partial charge is 0.257 e. The Morgan fingerprint density at radius 1 is 1.04 bits per heavy atom. The van der Waals surface area contributed by atoms with Gasteiger partial charge in [0, 0.05) is 18.7 Å². The fourth-order valence-electron chi connectivity index (χ4n) is 3.17. The van der Waals surface area contributed by atoms with E-state index in [0.29, 0.717) is 17.9 Å². The van der Waals surface area contributed by atoms with Crippen LogP contribution in [0.1, 0.15) is 27.0 Å². The van der Waals surface area contributed by atoms with Crippen LogP contribution in [0.2, 0.25) is 0 Å². The fraction of sp³-hybridized carbons (Fsp3) is 0.316. The zero-order valence-electron chi connectivity index (χ0n) is 13.8. The third-order valence-electron chi connectivity index (χ3n) is 4.43. The van der Waals surface area contributed by atoms with Gasteiger partial charge < -0.3 is 14.4 Å². The second-order valence-electron chi connectivity index (χ2n) is 5.72. The molecule has 3 rings (SSSR count). The topological polar surface area (TPSA) is 38.8 Å². The van der Waals surface area contributed by atoms with E-state index < -0.39 is 0 Å². The zero-order chi connectivity index (χ0) is 16.4. The summed E-state index contributed by atoms with van der Waals surface area (Å²) in [5, 5.41) is 0. The Labute approximate surface area is 136 Å². The predicted molar refractivity (Wildman–Crippen MR) is 89.2 cm³/mol. The van der Waals surface area contributed by atoms with Gasteiger partial charge in [0.05, 0.1) is 19.8 Å². The maximum atomic E-state index is 12.9. The normalized spacial score (nSPS) is 13.4. The molecular formula is C19H21NO3. The highest BCUT2D eigenvalue weighted by atomic mass is 16.5. The van der Waals surface area contributed by atoms with E-state index in [2.05, 4.69) is 12.1 Å². The first-order chi connectivity index (χ1) is 11.2. The van der Waals surface area contributed by atoms with Crippen LogP contribution in [0.3, 0.4) is 0 Å². The van der Waals surface area contributed by atoms with Crippen LogP contribution in [-0.4, -0.2) is 31.6 Å². The van der Waals surface area contributed by atoms with Crippen LogP contribution in [0, 0.1) is 6.92 Å². The van der Waals surface area contributed by atoms with E-state index in [1.54, 1.807) is 20.3 Å². The van der Waals surface area contributed by atoms with Gasteiger partial charge in [0.1, 0.15) is 11.5 Å². The van der Waals surface area contributed by atoms with E-state index in [1.807, 2.05) is 30.0 Å². The Morgan fingerprint density at radius 2 is 1.78 bits per heavy atom. The largest absolute Gasteiger partial charge is 0.496 e. The van der Waals surface area contributed by atoms with Gasteiger partial charge in [-0.05, 0) is 36.6 Å². The number of rotatable bonds is 3. The molecule has 0 aliphatic carbocycles. The molecule has 2 aromatic carbocycles. The number of hydrogen-bond acceptors (Lipinski definition) is 3. The van der Waals surface area contributed by atoms with Crippen molar-refractivity contribution in [3.8, 4) is 11.5 Å². The van der Waals surface area contributed by atoms with Gasteiger partial charge in [-0.1, -0.05) is 24.3 Å². The van der Waals surface area contributed by atoms with Crippen LogP contribution in [-0.2, 0) is 13.0 Å². The minimum Gasteiger partial charge on any atom is -0.496 e. The summed E-state index contributed by atoms with van der Waals surface area (Å²) in [6.45, 7) is 3.27. The first-order valence-corrected chi connectivity index (χ1v) is 7.73. The second-order valence-corrected chi connectivity index (χ2v) is 5.72. The third kappa shape index (κ3) is 2.77. The molecule has 1 aliphatic heterocycles. The first kappa shape index (κ1) is 15.4. The average molecular weight is 311 g/mol. The molecule has 1 heterocycles. The van der Waals surface area contributed by atoms with E-state index in [4.69, 9.17) is 9.47 Å². The van der Waals surface area contributed by atoms with Crippen molar-refractivity contribution >= 4 is 5.91 Å². The maximum absolute atomic E-state index is 12.9. The summed E-state index contributed by atoms with van der Waals surface area (Å²) < 4.78 is 10.8. The van der Waals surface area contributed by atoms with Crippen molar-refractivity contribution < 1.29 is 14.3 Å². The van der Waals surface area contributed by atoms with E-state index in [-0.39, 0.29) is 5.91 Å². The summed E-state index contributed by atoms with van der Waals surface area (Å²) in [7, 11) is 3.20. The molecule has 4 nitrogen and oxygen atoms in total. The summed E-state index contributed by atoms with van der Waals surface area (Å²) in [4.78, 5) is 14.8. The molecule has 2 aromatic rings. The standard InChI is InChI=1S/C19H21NO3/c1-13-17(22-2)9-8-16(18(13)23-3)19(21)20-11-10-14-6-4-5-7-15(14)12-20/h4-9H,10-12H2,1-3H3. The third-order valence-corrected chi connectivity index (χ3v) is 4.43. The summed E-state index contributed by atoms with van der Waals surface area (Å²) in [6, 6.07) is 11.9. The Morgan fingerprint density at radius 3 is 2.48 bits per heavy atom. The number of methoxy groups -OCH3 is 2. The molecular weight excluding hydrogens is 290 g/mol. The molecule has 0 saturated carbocycles. The van der Waals surface area contributed by atoms with Gasteiger partial charge in [0.25, 0.3) is 5.91 Å². The lowest BCUT2D eigenvalue weighted by molar-refractivity contribution is 0.0731. The lowest BCUT2D eigenvalue weighted by Crippen LogP contribution is -2.36. The number of carbonyl (C=O) groups is 1. The summed E-state index contributed by atoms with van der Waals surface area (Å²) >= 11 is 0. The molecule has 0 N–H and O–H groups in total. The highest BCUT2D eigenvalue weighted by Crippen LogP contribution is 2.32. The minimum atomic E-state index is 0.00195. The Kier molecular flexibility index (Phi) is 4.24. The molecule has 0 atom stereocenters. The van der Waals surface area contributed by atoms with Gasteiger partial charge in [-0.2, -0.15) is 0 Å². The molecule has 120 valence electrons. The number of carbonyl (C=O) groups excluding carboxylic acids is 1. The van der Waals surface area contributed by atoms with Crippen molar-refractivity contribution in [2.45, 2.75) is 19.9 Å². The Bertz CT molecular complexity index is 739. The van der Waals surface area contributed by atoms with Crippen molar-refractivity contribution in [1.29, 1.82) is 0 Å². The summed E-state index contributed by atoms with van der Waals surface area (Å²) in [5.41, 5.74) is 3.98. The predicted octanol–water partition coefficient (Wildman–Crippen LogP) is 3.21. The van der Waals surface area contributed by atoms with Gasteiger partial charge in [0.15, 0.2) is 0 Å². The quantitative estimate of drug-likeness (QED) is 0.873. The summed E-state index contributed by atoms with van der Waals surface area (Å²) in [6.07, 6.45) is 0.888. The highest BCUT2D eigenvalue weighted by Gasteiger charge is 2.25. The Balaban J connectivity index is 1.91. The number of ether oxygens (including phenoxy) is 2. The lowest BCUT2D eigenvalue weighted by atomic mass is 9.99. The van der Waals surface area contributed by atoms with Crippen LogP contribution >= 0.6 is 0 Å². The maximum Gasteiger partial charge on any atom is 0.257 e. The second kappa shape index (κ2) is 6.32. The van der Waals surface area contributed by atoms with Crippen molar-refractivity contribution in [3.63, 3.8) is 0 Å². The molecule has 0 unspecified atom stereocenters. The SMILES string of the molecule is COc1ccc(C(=O)N2CCc3ccccc3C2)c(OC)c1C. The van der Waals surface area contributed by atoms with Crippen LogP contribution < -0.4 is 9.47 Å². The fourth-order valence-corrected chi connectivity index (χ4v) is 3.17. The van der Waals surface area contributed by atoms with E-state index >= 15 is 0 Å². The number of nitrogens with zero attached hydrogens (tertiary/aromatic N) is 1. The zero-order valence-corrected chi connectivity index (χ0v) is 13.8. The molecule has 0 saturated heterocycles. The first-order valence-electron chi connectivity index (χ1n) is 7.73. The molecule has 4 heteroatoms. The van der Waals surface area contributed by atoms with Crippen LogP contribution in [0.5, 0.6) is 11.5 Å². The van der Waals surface area contributed by atoms with Crippen molar-refractivity contribution in [3.05, 3.63) is 58.7 Å². The number of benzene rings is 2. The molecule has 23 heavy (non-hydrogen) atoms. The van der Waals surface area contributed by atoms with Gasteiger partial charge in [-0.15, -0.1) is 0 Å². The van der Waals surface area contributed by atoms with Gasteiger partial charge >= 0.3 is 0 Å². The van der Waals surface area contributed by atoms with Crippen LogP contribution in [0.15, 0.2) is 36.4 Å². The molecule has 0 fully saturated rings. The van der Waals surface area contributed by atoms with E-state index in [9.17, 15) is 4.79 Å². The van der Waals surface area contributed by atoms with Gasteiger partial charge in [-0.25, -0.2) is 0 Å². The number of fused-ring (bicyclic) bond motifs is 1. The van der Waals surface area contributed by atoms with Crippen molar-refractivity contribution in [1.82, 2.24) is 4.90 Å². The monoisotopic (exact) mass is 311 g/mol. The molecule has 0 bridgehead atoms. The average Bonchev–Trinajstić information content (AvgIpc) is 2.60. The Hall–Kier alpha value is -2.49.